The van der Waals surface area contributed by atoms with Crippen LogP contribution >= 0.6 is 11.6 Å². The number of hydrogen-bond donors (Lipinski definition) is 1. The van der Waals surface area contributed by atoms with E-state index in [1.807, 2.05) is 18.2 Å². The summed E-state index contributed by atoms with van der Waals surface area (Å²) >= 11 is 6.05. The molecule has 88 valence electrons. The minimum atomic E-state index is -0.234. The second-order valence-corrected chi connectivity index (χ2v) is 4.28. The van der Waals surface area contributed by atoms with Crippen molar-refractivity contribution < 1.29 is 5.11 Å². The molecule has 3 nitrogen and oxygen atoms in total. The van der Waals surface area contributed by atoms with E-state index < -0.39 is 0 Å². The Hall–Kier alpha value is -1.74. The van der Waals surface area contributed by atoms with Crippen LogP contribution in [0.25, 0.3) is 0 Å². The number of nitrogens with zero attached hydrogens (tertiary/aromatic N) is 1. The molecule has 0 radical (unpaired) electrons. The smallest absolute Gasteiger partial charge is 0.254 e. The Morgan fingerprint density at radius 3 is 2.65 bits per heavy atom. The number of hydrogen-bond acceptors (Lipinski definition) is 2. The Labute approximate surface area is 104 Å². The van der Waals surface area contributed by atoms with Gasteiger partial charge in [0.15, 0.2) is 0 Å². The van der Waals surface area contributed by atoms with Crippen LogP contribution in [0.1, 0.15) is 11.3 Å². The Kier molecular flexibility index (Phi) is 3.20. The monoisotopic (exact) mass is 249 g/mol. The van der Waals surface area contributed by atoms with E-state index in [0.29, 0.717) is 17.3 Å². The molecule has 0 bridgehead atoms. The van der Waals surface area contributed by atoms with E-state index in [1.54, 1.807) is 23.6 Å². The average molecular weight is 250 g/mol. The molecule has 0 aliphatic carbocycles. The zero-order chi connectivity index (χ0) is 12.4. The first-order chi connectivity index (χ1) is 8.08. The first-order valence-corrected chi connectivity index (χ1v) is 5.59. The molecule has 0 amide bonds. The lowest BCUT2D eigenvalue weighted by Crippen LogP contribution is -2.21. The molecule has 17 heavy (non-hydrogen) atoms. The predicted octanol–water partition coefficient (Wildman–Crippen LogP) is 2.56. The summed E-state index contributed by atoms with van der Waals surface area (Å²) in [5.74, 6) is -0.0112. The molecule has 0 atom stereocenters. The molecule has 0 aliphatic heterocycles. The highest BCUT2D eigenvalue weighted by Crippen LogP contribution is 2.17. The van der Waals surface area contributed by atoms with E-state index in [1.165, 1.54) is 6.07 Å². The van der Waals surface area contributed by atoms with E-state index in [2.05, 4.69) is 0 Å². The zero-order valence-electron chi connectivity index (χ0n) is 9.35. The lowest BCUT2D eigenvalue weighted by Gasteiger charge is -2.11. The molecule has 0 saturated carbocycles. The van der Waals surface area contributed by atoms with Crippen molar-refractivity contribution in [2.45, 2.75) is 13.5 Å². The van der Waals surface area contributed by atoms with Crippen molar-refractivity contribution in [2.24, 2.45) is 0 Å². The van der Waals surface area contributed by atoms with Gasteiger partial charge in [0.2, 0.25) is 0 Å². The molecule has 1 aromatic carbocycles. The van der Waals surface area contributed by atoms with Gasteiger partial charge >= 0.3 is 0 Å². The minimum absolute atomic E-state index is 0.0112. The minimum Gasteiger partial charge on any atom is -0.508 e. The van der Waals surface area contributed by atoms with Crippen molar-refractivity contribution in [1.29, 1.82) is 0 Å². The van der Waals surface area contributed by atoms with Gasteiger partial charge in [0, 0.05) is 16.8 Å². The van der Waals surface area contributed by atoms with Gasteiger partial charge in [-0.05, 0) is 24.6 Å². The average Bonchev–Trinajstić information content (AvgIpc) is 2.25. The largest absolute Gasteiger partial charge is 0.508 e. The highest BCUT2D eigenvalue weighted by molar-refractivity contribution is 6.31. The molecule has 1 aromatic heterocycles. The van der Waals surface area contributed by atoms with Crippen molar-refractivity contribution in [3.63, 3.8) is 0 Å². The van der Waals surface area contributed by atoms with Gasteiger partial charge in [-0.25, -0.2) is 0 Å². The fourth-order valence-electron chi connectivity index (χ4n) is 1.71. The first kappa shape index (κ1) is 11.7. The van der Waals surface area contributed by atoms with Crippen LogP contribution in [0.2, 0.25) is 5.02 Å². The van der Waals surface area contributed by atoms with Crippen LogP contribution in [0.5, 0.6) is 5.75 Å². The summed E-state index contributed by atoms with van der Waals surface area (Å²) in [6, 6.07) is 10.1. The molecular formula is C13H12ClNO2. The van der Waals surface area contributed by atoms with E-state index in [9.17, 15) is 9.90 Å². The van der Waals surface area contributed by atoms with Gasteiger partial charge in [0.25, 0.3) is 5.56 Å². The maximum absolute atomic E-state index is 11.7. The van der Waals surface area contributed by atoms with Gasteiger partial charge in [-0.1, -0.05) is 29.8 Å². The number of benzene rings is 1. The van der Waals surface area contributed by atoms with E-state index >= 15 is 0 Å². The molecule has 0 fully saturated rings. The summed E-state index contributed by atoms with van der Waals surface area (Å²) in [7, 11) is 0. The third-order valence-corrected chi connectivity index (χ3v) is 2.97. The highest BCUT2D eigenvalue weighted by atomic mass is 35.5. The molecule has 2 rings (SSSR count). The van der Waals surface area contributed by atoms with Crippen LogP contribution in [0.15, 0.2) is 41.2 Å². The Balaban J connectivity index is 2.44. The van der Waals surface area contributed by atoms with E-state index in [0.717, 1.165) is 5.56 Å². The molecule has 0 saturated heterocycles. The van der Waals surface area contributed by atoms with Gasteiger partial charge < -0.3 is 9.67 Å². The van der Waals surface area contributed by atoms with Gasteiger partial charge in [0.1, 0.15) is 5.75 Å². The van der Waals surface area contributed by atoms with Gasteiger partial charge in [-0.3, -0.25) is 4.79 Å². The van der Waals surface area contributed by atoms with Crippen LogP contribution in [0.4, 0.5) is 0 Å². The van der Waals surface area contributed by atoms with Crippen molar-refractivity contribution >= 4 is 11.6 Å². The van der Waals surface area contributed by atoms with Crippen LogP contribution in [0.3, 0.4) is 0 Å². The summed E-state index contributed by atoms with van der Waals surface area (Å²) in [6.07, 6.45) is 0. The summed E-state index contributed by atoms with van der Waals surface area (Å²) in [6.45, 7) is 2.18. The van der Waals surface area contributed by atoms with Gasteiger partial charge in [0.05, 0.1) is 6.54 Å². The second kappa shape index (κ2) is 4.63. The number of aromatic hydroxyl groups is 1. The maximum atomic E-state index is 11.7. The summed E-state index contributed by atoms with van der Waals surface area (Å²) in [4.78, 5) is 11.7. The maximum Gasteiger partial charge on any atom is 0.254 e. The van der Waals surface area contributed by atoms with Crippen LogP contribution in [-0.4, -0.2) is 9.67 Å². The topological polar surface area (TPSA) is 42.2 Å². The number of rotatable bonds is 2. The van der Waals surface area contributed by atoms with Crippen molar-refractivity contribution in [1.82, 2.24) is 4.57 Å². The first-order valence-electron chi connectivity index (χ1n) is 5.22. The molecule has 4 heteroatoms. The fourth-order valence-corrected chi connectivity index (χ4v) is 1.91. The molecule has 0 spiro atoms. The fraction of sp³-hybridized carbons (Fsp3) is 0.154. The second-order valence-electron chi connectivity index (χ2n) is 3.87. The summed E-state index contributed by atoms with van der Waals surface area (Å²) < 4.78 is 1.57. The third-order valence-electron chi connectivity index (χ3n) is 2.61. The Morgan fingerprint density at radius 1 is 1.29 bits per heavy atom. The van der Waals surface area contributed by atoms with Crippen molar-refractivity contribution in [3.8, 4) is 5.75 Å². The molecule has 2 aromatic rings. The van der Waals surface area contributed by atoms with Gasteiger partial charge in [-0.2, -0.15) is 0 Å². The number of aromatic nitrogens is 1. The normalized spacial score (nSPS) is 10.5. The molecule has 0 aliphatic rings. The SMILES string of the molecule is Cc1cc(O)cc(=O)n1Cc1ccccc1Cl. The molecular weight excluding hydrogens is 238 g/mol. The standard InChI is InChI=1S/C13H12ClNO2/c1-9-6-11(16)7-13(17)15(9)8-10-4-2-3-5-12(10)14/h2-7,16H,8H2,1H3. The van der Waals surface area contributed by atoms with E-state index in [-0.39, 0.29) is 11.3 Å². The van der Waals surface area contributed by atoms with Crippen LogP contribution < -0.4 is 5.56 Å². The van der Waals surface area contributed by atoms with Gasteiger partial charge in [-0.15, -0.1) is 0 Å². The van der Waals surface area contributed by atoms with E-state index in [4.69, 9.17) is 11.6 Å². The van der Waals surface area contributed by atoms with Crippen molar-refractivity contribution in [3.05, 3.63) is 63.0 Å². The van der Waals surface area contributed by atoms with Crippen molar-refractivity contribution in [2.75, 3.05) is 0 Å². The number of pyridine rings is 1. The lowest BCUT2D eigenvalue weighted by molar-refractivity contribution is 0.470. The third kappa shape index (κ3) is 2.50. The highest BCUT2D eigenvalue weighted by Gasteiger charge is 2.05. The number of halogens is 1. The molecule has 1 N–H and O–H groups in total. The van der Waals surface area contributed by atoms with Crippen LogP contribution in [-0.2, 0) is 6.54 Å². The Morgan fingerprint density at radius 2 is 2.00 bits per heavy atom. The summed E-state index contributed by atoms with van der Waals surface area (Å²) in [5.41, 5.74) is 1.35. The molecule has 1 heterocycles. The number of aryl methyl sites for hydroxylation is 1. The van der Waals surface area contributed by atoms with Crippen LogP contribution in [0, 0.1) is 6.92 Å². The predicted molar refractivity (Wildman–Crippen MR) is 67.7 cm³/mol. The Bertz CT molecular complexity index is 605. The summed E-state index contributed by atoms with van der Waals surface area (Å²) in [5, 5.41) is 9.93. The molecule has 0 unspecified atom stereocenters. The zero-order valence-corrected chi connectivity index (χ0v) is 10.1. The lowest BCUT2D eigenvalue weighted by atomic mass is 10.2. The quantitative estimate of drug-likeness (QED) is 0.889.